The Hall–Kier alpha value is -1.84. The van der Waals surface area contributed by atoms with Gasteiger partial charge in [-0.3, -0.25) is 0 Å². The van der Waals surface area contributed by atoms with Gasteiger partial charge in [0.15, 0.2) is 0 Å². The van der Waals surface area contributed by atoms with E-state index in [9.17, 15) is 0 Å². The minimum absolute atomic E-state index is 0.322. The second-order valence-electron chi connectivity index (χ2n) is 7.72. The SMILES string of the molecule is CC1(C)OB(c2ccccc2C2=Cc3ccccc3C2)OC1(C)C. The average Bonchev–Trinajstić information content (AvgIpc) is 3.06. The van der Waals surface area contributed by atoms with Crippen LogP contribution in [0.15, 0.2) is 48.5 Å². The van der Waals surface area contributed by atoms with Crippen LogP contribution in [-0.4, -0.2) is 18.3 Å². The molecule has 0 bridgehead atoms. The lowest BCUT2D eigenvalue weighted by Gasteiger charge is -2.32. The second-order valence-corrected chi connectivity index (χ2v) is 7.72. The summed E-state index contributed by atoms with van der Waals surface area (Å²) in [6, 6.07) is 17.0. The number of fused-ring (bicyclic) bond motifs is 1. The van der Waals surface area contributed by atoms with Crippen molar-refractivity contribution in [3.8, 4) is 0 Å². The topological polar surface area (TPSA) is 18.5 Å². The first-order valence-corrected chi connectivity index (χ1v) is 8.61. The molecule has 0 radical (unpaired) electrons. The summed E-state index contributed by atoms with van der Waals surface area (Å²) >= 11 is 0. The van der Waals surface area contributed by atoms with Crippen LogP contribution in [0, 0.1) is 0 Å². The van der Waals surface area contributed by atoms with Crippen molar-refractivity contribution < 1.29 is 9.31 Å². The first-order valence-electron chi connectivity index (χ1n) is 8.61. The van der Waals surface area contributed by atoms with Gasteiger partial charge >= 0.3 is 7.12 Å². The zero-order valence-corrected chi connectivity index (χ0v) is 14.8. The highest BCUT2D eigenvalue weighted by molar-refractivity contribution is 6.63. The van der Waals surface area contributed by atoms with Crippen molar-refractivity contribution >= 4 is 24.2 Å². The molecule has 0 spiro atoms. The van der Waals surface area contributed by atoms with Crippen LogP contribution in [0.4, 0.5) is 0 Å². The Morgan fingerprint density at radius 3 is 2.17 bits per heavy atom. The third kappa shape index (κ3) is 2.43. The van der Waals surface area contributed by atoms with E-state index in [1.54, 1.807) is 0 Å². The van der Waals surface area contributed by atoms with Gasteiger partial charge in [0.05, 0.1) is 11.2 Å². The molecule has 2 nitrogen and oxygen atoms in total. The van der Waals surface area contributed by atoms with Gasteiger partial charge in [-0.25, -0.2) is 0 Å². The minimum Gasteiger partial charge on any atom is -0.399 e. The lowest BCUT2D eigenvalue weighted by Crippen LogP contribution is -2.41. The van der Waals surface area contributed by atoms with Gasteiger partial charge in [-0.05, 0) is 61.8 Å². The number of benzene rings is 2. The first-order chi connectivity index (χ1) is 11.4. The zero-order chi connectivity index (χ0) is 16.9. The highest BCUT2D eigenvalue weighted by atomic mass is 16.7. The quantitative estimate of drug-likeness (QED) is 0.777. The molecule has 2 aromatic rings. The molecule has 2 aromatic carbocycles. The van der Waals surface area contributed by atoms with Crippen molar-refractivity contribution in [2.45, 2.75) is 45.3 Å². The largest absolute Gasteiger partial charge is 0.495 e. The van der Waals surface area contributed by atoms with E-state index in [4.69, 9.17) is 9.31 Å². The predicted octanol–water partition coefficient (Wildman–Crippen LogP) is 4.08. The molecule has 0 unspecified atom stereocenters. The Balaban J connectivity index is 1.71. The van der Waals surface area contributed by atoms with Crippen LogP contribution in [0.3, 0.4) is 0 Å². The minimum atomic E-state index is -0.323. The third-order valence-corrected chi connectivity index (χ3v) is 5.58. The summed E-state index contributed by atoms with van der Waals surface area (Å²) in [7, 11) is -0.323. The van der Waals surface area contributed by atoms with Gasteiger partial charge in [0, 0.05) is 0 Å². The van der Waals surface area contributed by atoms with E-state index in [0.29, 0.717) is 0 Å². The molecule has 0 amide bonds. The Kier molecular flexibility index (Phi) is 3.49. The molecule has 0 N–H and O–H groups in total. The average molecular weight is 318 g/mol. The van der Waals surface area contributed by atoms with Crippen molar-refractivity contribution in [1.82, 2.24) is 0 Å². The lowest BCUT2D eigenvalue weighted by atomic mass is 9.74. The molecule has 3 heteroatoms. The third-order valence-electron chi connectivity index (χ3n) is 5.58. The predicted molar refractivity (Wildman–Crippen MR) is 100 cm³/mol. The fourth-order valence-electron chi connectivity index (χ4n) is 3.42. The van der Waals surface area contributed by atoms with Crippen LogP contribution in [0.25, 0.3) is 11.6 Å². The Labute approximate surface area is 144 Å². The van der Waals surface area contributed by atoms with Gasteiger partial charge in [-0.2, -0.15) is 0 Å². The van der Waals surface area contributed by atoms with Gasteiger partial charge in [-0.1, -0.05) is 54.6 Å². The Bertz CT molecular complexity index is 804. The summed E-state index contributed by atoms with van der Waals surface area (Å²) in [6.07, 6.45) is 3.26. The number of hydrogen-bond donors (Lipinski definition) is 0. The number of allylic oxidation sites excluding steroid dienone is 1. The molecule has 1 fully saturated rings. The maximum Gasteiger partial charge on any atom is 0.495 e. The smallest absolute Gasteiger partial charge is 0.399 e. The van der Waals surface area contributed by atoms with Gasteiger partial charge in [0.25, 0.3) is 0 Å². The van der Waals surface area contributed by atoms with Crippen LogP contribution in [0.1, 0.15) is 44.4 Å². The van der Waals surface area contributed by atoms with Crippen LogP contribution >= 0.6 is 0 Å². The van der Waals surface area contributed by atoms with Gasteiger partial charge in [-0.15, -0.1) is 0 Å². The lowest BCUT2D eigenvalue weighted by molar-refractivity contribution is 0.00578. The summed E-state index contributed by atoms with van der Waals surface area (Å²) in [6.45, 7) is 8.39. The fraction of sp³-hybridized carbons (Fsp3) is 0.333. The summed E-state index contributed by atoms with van der Waals surface area (Å²) < 4.78 is 12.6. The molecule has 1 saturated heterocycles. The molecule has 0 saturated carbocycles. The standard InChI is InChI=1S/C21H23BO2/c1-20(2)21(3,4)24-22(23-20)19-12-8-7-11-18(19)17-13-15-9-5-6-10-16(15)14-17/h5-13H,14H2,1-4H3. The van der Waals surface area contributed by atoms with Crippen LogP contribution in [-0.2, 0) is 15.7 Å². The maximum absolute atomic E-state index is 6.28. The molecule has 1 aliphatic carbocycles. The van der Waals surface area contributed by atoms with Gasteiger partial charge in [0.2, 0.25) is 0 Å². The molecule has 0 aromatic heterocycles. The highest BCUT2D eigenvalue weighted by Crippen LogP contribution is 2.38. The summed E-state index contributed by atoms with van der Waals surface area (Å²) in [5, 5.41) is 0. The van der Waals surface area contributed by atoms with Crippen molar-refractivity contribution in [2.75, 3.05) is 0 Å². The molecule has 2 aliphatic rings. The molecule has 0 atom stereocenters. The van der Waals surface area contributed by atoms with E-state index >= 15 is 0 Å². The van der Waals surface area contributed by atoms with Crippen molar-refractivity contribution in [2.24, 2.45) is 0 Å². The van der Waals surface area contributed by atoms with Crippen LogP contribution in [0.5, 0.6) is 0 Å². The number of rotatable bonds is 2. The first kappa shape index (κ1) is 15.7. The molecule has 1 aliphatic heterocycles. The van der Waals surface area contributed by atoms with Crippen LogP contribution < -0.4 is 5.46 Å². The van der Waals surface area contributed by atoms with E-state index in [1.165, 1.54) is 22.3 Å². The summed E-state index contributed by atoms with van der Waals surface area (Å²) in [4.78, 5) is 0. The van der Waals surface area contributed by atoms with Crippen molar-refractivity contribution in [1.29, 1.82) is 0 Å². The molecular weight excluding hydrogens is 295 g/mol. The van der Waals surface area contributed by atoms with Gasteiger partial charge in [0.1, 0.15) is 0 Å². The van der Waals surface area contributed by atoms with Crippen LogP contribution in [0.2, 0.25) is 0 Å². The van der Waals surface area contributed by atoms with E-state index in [-0.39, 0.29) is 18.3 Å². The Morgan fingerprint density at radius 1 is 0.833 bits per heavy atom. The Morgan fingerprint density at radius 2 is 1.46 bits per heavy atom. The molecule has 4 rings (SSSR count). The van der Waals surface area contributed by atoms with E-state index in [2.05, 4.69) is 82.3 Å². The molecule has 1 heterocycles. The van der Waals surface area contributed by atoms with E-state index < -0.39 is 0 Å². The monoisotopic (exact) mass is 318 g/mol. The fourth-order valence-corrected chi connectivity index (χ4v) is 3.42. The molecule has 24 heavy (non-hydrogen) atoms. The zero-order valence-electron chi connectivity index (χ0n) is 14.8. The van der Waals surface area contributed by atoms with E-state index in [1.807, 2.05) is 0 Å². The maximum atomic E-state index is 6.28. The molecule has 122 valence electrons. The normalized spacial score (nSPS) is 20.8. The van der Waals surface area contributed by atoms with Crippen molar-refractivity contribution in [3.05, 3.63) is 65.2 Å². The second kappa shape index (κ2) is 5.33. The summed E-state index contributed by atoms with van der Waals surface area (Å²) in [5.74, 6) is 0. The number of hydrogen-bond acceptors (Lipinski definition) is 2. The van der Waals surface area contributed by atoms with Gasteiger partial charge < -0.3 is 9.31 Å². The highest BCUT2D eigenvalue weighted by Gasteiger charge is 2.52. The van der Waals surface area contributed by atoms with E-state index in [0.717, 1.165) is 11.9 Å². The van der Waals surface area contributed by atoms with Crippen molar-refractivity contribution in [3.63, 3.8) is 0 Å². The summed E-state index contributed by atoms with van der Waals surface area (Å²) in [5.41, 5.74) is 5.74. The molecular formula is C21H23BO2.